The van der Waals surface area contributed by atoms with Crippen molar-refractivity contribution in [2.45, 2.75) is 25.3 Å². The van der Waals surface area contributed by atoms with E-state index in [4.69, 9.17) is 22.6 Å². The molecule has 0 aromatic heterocycles. The number of nitrogens with zero attached hydrogens (tertiary/aromatic N) is 4. The fraction of sp³-hybridized carbons (Fsp3) is 0.296. The fourth-order valence-electron chi connectivity index (χ4n) is 4.98. The molecule has 2 aromatic rings. The van der Waals surface area contributed by atoms with Gasteiger partial charge in [-0.1, -0.05) is 42.4 Å². The second kappa shape index (κ2) is 10.5. The van der Waals surface area contributed by atoms with Crippen LogP contribution >= 0.6 is 11.6 Å². The average Bonchev–Trinajstić information content (AvgIpc) is 3.15. The number of likely N-dealkylation sites (tertiary alicyclic amines) is 1. The van der Waals surface area contributed by atoms with Gasteiger partial charge in [0.1, 0.15) is 17.7 Å². The number of hydrogen-bond acceptors (Lipinski definition) is 5. The summed E-state index contributed by atoms with van der Waals surface area (Å²) in [6, 6.07) is 12.1. The monoisotopic (exact) mass is 491 g/mol. The van der Waals surface area contributed by atoms with Crippen LogP contribution in [-0.2, 0) is 6.42 Å². The van der Waals surface area contributed by atoms with Crippen LogP contribution in [0.2, 0.25) is 5.02 Å². The van der Waals surface area contributed by atoms with Crippen LogP contribution in [0.15, 0.2) is 70.9 Å². The lowest BCUT2D eigenvalue weighted by atomic mass is 9.73. The minimum Gasteiger partial charge on any atom is -0.390 e. The number of aliphatic hydroxyl groups excluding tert-OH is 1. The zero-order chi connectivity index (χ0) is 25.0. The number of halogens is 2. The normalized spacial score (nSPS) is 19.7. The lowest BCUT2D eigenvalue weighted by Crippen LogP contribution is -2.46. The zero-order valence-electron chi connectivity index (χ0n) is 19.3. The summed E-state index contributed by atoms with van der Waals surface area (Å²) in [7, 11) is 0. The smallest absolute Gasteiger partial charge is 0.130 e. The van der Waals surface area contributed by atoms with Gasteiger partial charge >= 0.3 is 0 Å². The minimum absolute atomic E-state index is 0.176. The van der Waals surface area contributed by atoms with Crippen LogP contribution in [0.1, 0.15) is 41.1 Å². The first-order valence-electron chi connectivity index (χ1n) is 11.4. The summed E-state index contributed by atoms with van der Waals surface area (Å²) < 4.78 is 14.4. The van der Waals surface area contributed by atoms with E-state index in [2.05, 4.69) is 21.5 Å². The third-order valence-corrected chi connectivity index (χ3v) is 7.38. The van der Waals surface area contributed by atoms with Crippen LogP contribution in [0.5, 0.6) is 0 Å². The van der Waals surface area contributed by atoms with E-state index in [0.29, 0.717) is 47.2 Å². The topological polar surface area (TPSA) is 98.0 Å². The van der Waals surface area contributed by atoms with Gasteiger partial charge in [-0.3, -0.25) is 4.99 Å². The molecular weight excluding hydrogens is 465 g/mol. The van der Waals surface area contributed by atoms with Crippen molar-refractivity contribution in [3.63, 3.8) is 0 Å². The van der Waals surface area contributed by atoms with Crippen LogP contribution in [0, 0.1) is 22.6 Å². The molecule has 8 heteroatoms. The molecular formula is C27H27ClFN5O. The summed E-state index contributed by atoms with van der Waals surface area (Å²) in [5.41, 5.74) is 9.40. The quantitative estimate of drug-likeness (QED) is 0.474. The lowest BCUT2D eigenvalue weighted by molar-refractivity contribution is 0.127. The van der Waals surface area contributed by atoms with Crippen LogP contribution in [0.3, 0.4) is 0 Å². The molecule has 0 saturated carbocycles. The Morgan fingerprint density at radius 1 is 1.31 bits per heavy atom. The van der Waals surface area contributed by atoms with Crippen molar-refractivity contribution in [3.05, 3.63) is 94.0 Å². The molecule has 1 heterocycles. The Bertz CT molecular complexity index is 1250. The molecule has 1 aliphatic carbocycles. The zero-order valence-corrected chi connectivity index (χ0v) is 20.0. The molecule has 1 atom stereocenters. The molecule has 3 N–H and O–H groups in total. The maximum Gasteiger partial charge on any atom is 0.130 e. The van der Waals surface area contributed by atoms with E-state index in [1.165, 1.54) is 18.5 Å². The number of piperidine rings is 1. The summed E-state index contributed by atoms with van der Waals surface area (Å²) in [5.74, 6) is 0.447. The first-order valence-corrected chi connectivity index (χ1v) is 11.8. The summed E-state index contributed by atoms with van der Waals surface area (Å²) in [6.07, 6.45) is 6.91. The third kappa shape index (κ3) is 4.92. The Morgan fingerprint density at radius 3 is 2.71 bits per heavy atom. The van der Waals surface area contributed by atoms with E-state index in [1.54, 1.807) is 30.3 Å². The molecule has 35 heavy (non-hydrogen) atoms. The second-order valence-electron chi connectivity index (χ2n) is 8.85. The largest absolute Gasteiger partial charge is 0.390 e. The number of benzene rings is 2. The molecule has 4 rings (SSSR count). The standard InChI is InChI=1S/C27H27ClFN5O/c1-2-32-24(13-20(17-35)33-16-19-6-3-5-18(15-30)25(19)28)34-11-9-27(10-12-34)14-22-21(26(27)31)7-4-8-23(22)29/h2-8,13,16,26,35H,1,9-12,14,17,31H2/b20-13+,32-24+,33-16+. The minimum atomic E-state index is -0.306. The number of amidine groups is 1. The molecule has 1 fully saturated rings. The third-order valence-electron chi connectivity index (χ3n) is 6.96. The number of rotatable bonds is 5. The first kappa shape index (κ1) is 24.8. The van der Waals surface area contributed by atoms with Gasteiger partial charge in [-0.05, 0) is 47.9 Å². The van der Waals surface area contributed by atoms with E-state index in [0.717, 1.165) is 24.0 Å². The highest BCUT2D eigenvalue weighted by Gasteiger charge is 2.47. The number of hydrogen-bond donors (Lipinski definition) is 2. The van der Waals surface area contributed by atoms with Gasteiger partial charge in [-0.2, -0.15) is 5.26 Å². The van der Waals surface area contributed by atoms with Crippen LogP contribution in [-0.4, -0.2) is 41.8 Å². The predicted octanol–water partition coefficient (Wildman–Crippen LogP) is 4.53. The van der Waals surface area contributed by atoms with Gasteiger partial charge in [-0.15, -0.1) is 0 Å². The fourth-order valence-corrected chi connectivity index (χ4v) is 5.20. The molecule has 0 amide bonds. The molecule has 1 saturated heterocycles. The summed E-state index contributed by atoms with van der Waals surface area (Å²) in [4.78, 5) is 10.9. The molecule has 0 bridgehead atoms. The van der Waals surface area contributed by atoms with Crippen molar-refractivity contribution in [3.8, 4) is 6.07 Å². The van der Waals surface area contributed by atoms with E-state index in [1.807, 2.05) is 12.1 Å². The summed E-state index contributed by atoms with van der Waals surface area (Å²) in [5, 5.41) is 19.4. The highest BCUT2D eigenvalue weighted by Crippen LogP contribution is 2.51. The van der Waals surface area contributed by atoms with E-state index in [9.17, 15) is 9.50 Å². The highest BCUT2D eigenvalue weighted by atomic mass is 35.5. The molecule has 1 aliphatic heterocycles. The van der Waals surface area contributed by atoms with E-state index >= 15 is 0 Å². The Balaban J connectivity index is 1.51. The van der Waals surface area contributed by atoms with Crippen molar-refractivity contribution in [1.82, 2.24) is 4.90 Å². The van der Waals surface area contributed by atoms with Crippen molar-refractivity contribution >= 4 is 23.7 Å². The molecule has 0 radical (unpaired) electrons. The van der Waals surface area contributed by atoms with Gasteiger partial charge in [0.15, 0.2) is 0 Å². The summed E-state index contributed by atoms with van der Waals surface area (Å²) >= 11 is 6.25. The molecule has 1 spiro atoms. The summed E-state index contributed by atoms with van der Waals surface area (Å²) in [6.45, 7) is 4.78. The second-order valence-corrected chi connectivity index (χ2v) is 9.23. The molecule has 1 unspecified atom stereocenters. The van der Waals surface area contributed by atoms with Gasteiger partial charge in [-0.25, -0.2) is 9.38 Å². The Morgan fingerprint density at radius 2 is 2.06 bits per heavy atom. The number of nitriles is 1. The van der Waals surface area contributed by atoms with E-state index < -0.39 is 0 Å². The van der Waals surface area contributed by atoms with Crippen LogP contribution in [0.25, 0.3) is 0 Å². The van der Waals surface area contributed by atoms with Crippen molar-refractivity contribution in [1.29, 1.82) is 5.26 Å². The molecule has 180 valence electrons. The van der Waals surface area contributed by atoms with Gasteiger partial charge in [0.2, 0.25) is 0 Å². The lowest BCUT2D eigenvalue weighted by Gasteiger charge is -2.43. The van der Waals surface area contributed by atoms with Crippen LogP contribution < -0.4 is 5.73 Å². The van der Waals surface area contributed by atoms with Crippen LogP contribution in [0.4, 0.5) is 4.39 Å². The Labute approximate surface area is 209 Å². The van der Waals surface area contributed by atoms with Gasteiger partial charge in [0.25, 0.3) is 0 Å². The van der Waals surface area contributed by atoms with Gasteiger partial charge in [0, 0.05) is 43.2 Å². The first-order chi connectivity index (χ1) is 16.9. The molecule has 2 aliphatic rings. The molecule has 2 aromatic carbocycles. The Hall–Kier alpha value is -3.31. The van der Waals surface area contributed by atoms with Gasteiger partial charge < -0.3 is 15.7 Å². The maximum absolute atomic E-state index is 14.4. The van der Waals surface area contributed by atoms with Gasteiger partial charge in [0.05, 0.1) is 22.9 Å². The van der Waals surface area contributed by atoms with E-state index in [-0.39, 0.29) is 23.9 Å². The maximum atomic E-state index is 14.4. The SMILES string of the molecule is C=C\N=C(/C=C(CO)/N=C/c1cccc(C#N)c1Cl)N1CCC2(CC1)Cc1c(F)cccc1C2N. The van der Waals surface area contributed by atoms with Crippen molar-refractivity contribution in [2.75, 3.05) is 19.7 Å². The Kier molecular flexibility index (Phi) is 7.46. The predicted molar refractivity (Wildman–Crippen MR) is 137 cm³/mol. The number of aliphatic hydroxyl groups is 1. The van der Waals surface area contributed by atoms with Crippen molar-refractivity contribution < 1.29 is 9.50 Å². The highest BCUT2D eigenvalue weighted by molar-refractivity contribution is 6.34. The number of fused-ring (bicyclic) bond motifs is 1. The number of aliphatic imine (C=N–C) groups is 2. The van der Waals surface area contributed by atoms with Crippen molar-refractivity contribution in [2.24, 2.45) is 21.1 Å². The number of nitrogens with two attached hydrogens (primary N) is 1. The molecule has 6 nitrogen and oxygen atoms in total. The average molecular weight is 492 g/mol.